The first-order valence-corrected chi connectivity index (χ1v) is 36.2. The first-order valence-electron chi connectivity index (χ1n) is 29.7. The van der Waals surface area contributed by atoms with Crippen molar-refractivity contribution in [1.82, 2.24) is 0 Å². The summed E-state index contributed by atoms with van der Waals surface area (Å²) in [5, 5.41) is 26.8. The Kier molecular flexibility index (Phi) is 18.3. The SMILES string of the molecule is CCCCCC(=O)OC(Cc1ccccc1)c1cc2sc3cc4c(cc3c2s1)sc1cc(C(Cc2ccccc2)OC(=O)CCCCC)sc14.OC(Cc1ccccc1)c1cc2sc3cc4c(cc3c2s1)sc1cc(C(O)Cc2ccccc2)sc14. The van der Waals surface area contributed by atoms with Crippen molar-refractivity contribution in [2.45, 2.75) is 115 Å². The molecule has 4 unspecified atom stereocenters. The molecule has 14 rings (SSSR count). The van der Waals surface area contributed by atoms with E-state index in [4.69, 9.17) is 9.47 Å². The highest BCUT2D eigenvalue weighted by Crippen LogP contribution is 2.50. The van der Waals surface area contributed by atoms with Gasteiger partial charge in [0.05, 0.1) is 31.0 Å². The van der Waals surface area contributed by atoms with Crippen molar-refractivity contribution >= 4 is 181 Å². The summed E-state index contributed by atoms with van der Waals surface area (Å²) in [5.74, 6) is -0.226. The summed E-state index contributed by atoms with van der Waals surface area (Å²) in [6.07, 6.45) is 7.93. The Morgan fingerprint density at radius 2 is 0.628 bits per heavy atom. The molecule has 0 amide bonds. The number of esters is 2. The Labute approximate surface area is 532 Å². The molecule has 0 aliphatic carbocycles. The van der Waals surface area contributed by atoms with Gasteiger partial charge in [0.2, 0.25) is 0 Å². The van der Waals surface area contributed by atoms with E-state index in [0.29, 0.717) is 38.5 Å². The second-order valence-corrected chi connectivity index (χ2v) is 30.8. The minimum atomic E-state index is -0.483. The van der Waals surface area contributed by atoms with E-state index in [1.165, 1.54) is 77.9 Å². The maximum atomic E-state index is 12.9. The Morgan fingerprint density at radius 1 is 0.349 bits per heavy atom. The molecule has 0 saturated heterocycles. The van der Waals surface area contributed by atoms with E-state index in [9.17, 15) is 19.8 Å². The van der Waals surface area contributed by atoms with Gasteiger partial charge in [-0.3, -0.25) is 9.59 Å². The summed E-state index contributed by atoms with van der Waals surface area (Å²) in [6, 6.07) is 59.2. The highest BCUT2D eigenvalue weighted by molar-refractivity contribution is 7.35. The summed E-state index contributed by atoms with van der Waals surface area (Å²) >= 11 is 14.2. The van der Waals surface area contributed by atoms with Crippen LogP contribution >= 0.6 is 90.7 Å². The smallest absolute Gasteiger partial charge is 0.306 e. The summed E-state index contributed by atoms with van der Waals surface area (Å²) in [7, 11) is 0. The first-order chi connectivity index (χ1) is 42.1. The van der Waals surface area contributed by atoms with Gasteiger partial charge in [-0.15, -0.1) is 90.7 Å². The van der Waals surface area contributed by atoms with Crippen LogP contribution in [0.1, 0.15) is 131 Å². The standard InChI is InChI=1S/C42H42O4S4.C30H22O2S4/c1-3-5-9-19-39(43)45-31(21-27-15-11-7-12-16-27)35-25-37-41(49-35)29-23-34-30(24-33(29)47-37)42-38(48-34)26-36(50-42)32(22-28-17-13-8-14-18-28)46-40(44)20-10-6-4-2;31-21(11-17-7-3-1-4-8-17)25-15-27-29(35-25)19-13-24-20(14-23(19)33-27)30-28(34-24)16-26(36-30)22(32)12-18-9-5-2-6-10-18/h7-8,11-18,23-26,31-32H,3-6,9-10,19-22H2,1-2H3;1-10,13-16,21-22,31-32H,11-12H2. The number of hydrogen-bond donors (Lipinski definition) is 2. The predicted octanol–water partition coefficient (Wildman–Crippen LogP) is 22.5. The summed E-state index contributed by atoms with van der Waals surface area (Å²) in [6.45, 7) is 4.29. The van der Waals surface area contributed by atoms with E-state index in [1.54, 1.807) is 45.3 Å². The van der Waals surface area contributed by atoms with Crippen molar-refractivity contribution in [3.05, 3.63) is 212 Å². The molecule has 0 spiro atoms. The summed E-state index contributed by atoms with van der Waals surface area (Å²) < 4.78 is 27.5. The molecular weight excluding hydrogens is 1220 g/mol. The largest absolute Gasteiger partial charge is 0.456 e. The second kappa shape index (κ2) is 26.7. The van der Waals surface area contributed by atoms with Gasteiger partial charge >= 0.3 is 11.9 Å². The number of aliphatic hydroxyl groups excluding tert-OH is 2. The van der Waals surface area contributed by atoms with Gasteiger partial charge in [-0.2, -0.15) is 0 Å². The quantitative estimate of drug-likeness (QED) is 0.0519. The number of unbranched alkanes of at least 4 members (excludes halogenated alkanes) is 4. The molecule has 14 aromatic rings. The molecule has 4 atom stereocenters. The van der Waals surface area contributed by atoms with Crippen LogP contribution in [0.4, 0.5) is 0 Å². The lowest BCUT2D eigenvalue weighted by molar-refractivity contribution is -0.150. The lowest BCUT2D eigenvalue weighted by atomic mass is 10.1. The molecular formula is C72H64O6S8. The van der Waals surface area contributed by atoms with Gasteiger partial charge in [0.15, 0.2) is 0 Å². The molecule has 6 aromatic carbocycles. The number of fused-ring (bicyclic) bond motifs is 12. The third-order valence-corrected chi connectivity index (χ3v) is 25.7. The fourth-order valence-electron chi connectivity index (χ4n) is 11.3. The van der Waals surface area contributed by atoms with Crippen molar-refractivity contribution in [1.29, 1.82) is 0 Å². The lowest BCUT2D eigenvalue weighted by Gasteiger charge is -2.17. The van der Waals surface area contributed by atoms with Crippen molar-refractivity contribution in [2.24, 2.45) is 0 Å². The van der Waals surface area contributed by atoms with Gasteiger partial charge in [-0.25, -0.2) is 0 Å². The van der Waals surface area contributed by atoms with Crippen molar-refractivity contribution < 1.29 is 29.3 Å². The van der Waals surface area contributed by atoms with Crippen molar-refractivity contribution in [3.8, 4) is 0 Å². The second-order valence-electron chi connectivity index (χ2n) is 22.1. The monoisotopic (exact) mass is 1280 g/mol. The van der Waals surface area contributed by atoms with Crippen LogP contribution in [0.25, 0.3) is 77.9 Å². The molecule has 0 fully saturated rings. The molecule has 0 radical (unpaired) electrons. The molecule has 8 aromatic heterocycles. The highest BCUT2D eigenvalue weighted by Gasteiger charge is 2.26. The van der Waals surface area contributed by atoms with Gasteiger partial charge in [-0.1, -0.05) is 161 Å². The van der Waals surface area contributed by atoms with E-state index < -0.39 is 12.2 Å². The zero-order valence-electron chi connectivity index (χ0n) is 47.8. The minimum absolute atomic E-state index is 0.113. The lowest BCUT2D eigenvalue weighted by Crippen LogP contribution is -2.12. The normalized spacial score (nSPS) is 13.3. The zero-order chi connectivity index (χ0) is 58.7. The molecule has 14 heteroatoms. The first kappa shape index (κ1) is 58.9. The Balaban J connectivity index is 0.000000168. The average Bonchev–Trinajstić information content (AvgIpc) is 1.68. The molecule has 0 bridgehead atoms. The van der Waals surface area contributed by atoms with Crippen LogP contribution in [0.15, 0.2) is 170 Å². The number of rotatable bonds is 22. The van der Waals surface area contributed by atoms with Crippen LogP contribution in [-0.2, 0) is 44.7 Å². The third-order valence-electron chi connectivity index (χ3n) is 15.8. The number of thiophene rings is 8. The van der Waals surface area contributed by atoms with Gasteiger partial charge in [-0.05, 0) is 83.6 Å². The fraction of sp³-hybridized carbons (Fsp3) is 0.250. The Bertz CT molecular complexity index is 4320. The number of hydrogen-bond acceptors (Lipinski definition) is 14. The van der Waals surface area contributed by atoms with E-state index in [0.717, 1.165) is 80.3 Å². The van der Waals surface area contributed by atoms with Crippen LogP contribution < -0.4 is 0 Å². The maximum absolute atomic E-state index is 12.9. The van der Waals surface area contributed by atoms with Gasteiger partial charge < -0.3 is 19.7 Å². The number of ether oxygens (including phenoxy) is 2. The number of carbonyl (C=O) groups is 2. The van der Waals surface area contributed by atoms with Gasteiger partial charge in [0, 0.05) is 117 Å². The van der Waals surface area contributed by atoms with Crippen LogP contribution in [-0.4, -0.2) is 22.2 Å². The Morgan fingerprint density at radius 3 is 0.930 bits per heavy atom. The van der Waals surface area contributed by atoms with Crippen molar-refractivity contribution in [2.75, 3.05) is 0 Å². The molecule has 0 aliphatic heterocycles. The van der Waals surface area contributed by atoms with Gasteiger partial charge in [0.25, 0.3) is 0 Å². The topological polar surface area (TPSA) is 93.1 Å². The average molecular weight is 1280 g/mol. The molecule has 436 valence electrons. The van der Waals surface area contributed by atoms with Crippen LogP contribution in [0.5, 0.6) is 0 Å². The predicted molar refractivity (Wildman–Crippen MR) is 372 cm³/mol. The summed E-state index contributed by atoms with van der Waals surface area (Å²) in [5.41, 5.74) is 4.63. The molecule has 6 nitrogen and oxygen atoms in total. The molecule has 8 heterocycles. The Hall–Kier alpha value is -6.14. The highest BCUT2D eigenvalue weighted by atomic mass is 32.1. The van der Waals surface area contributed by atoms with Crippen LogP contribution in [0.2, 0.25) is 0 Å². The molecule has 0 aliphatic rings. The van der Waals surface area contributed by atoms with E-state index in [1.807, 2.05) is 118 Å². The third kappa shape index (κ3) is 13.0. The minimum Gasteiger partial charge on any atom is -0.456 e. The number of carbonyl (C=O) groups excluding carboxylic acids is 2. The van der Waals surface area contributed by atoms with E-state index in [-0.39, 0.29) is 24.1 Å². The number of aliphatic hydroxyl groups is 2. The molecule has 0 saturated carbocycles. The number of benzene rings is 6. The zero-order valence-corrected chi connectivity index (χ0v) is 54.3. The van der Waals surface area contributed by atoms with E-state index in [2.05, 4.69) is 111 Å². The molecule has 2 N–H and O–H groups in total. The summed E-state index contributed by atoms with van der Waals surface area (Å²) in [4.78, 5) is 30.1. The van der Waals surface area contributed by atoms with Crippen LogP contribution in [0, 0.1) is 0 Å². The van der Waals surface area contributed by atoms with Crippen molar-refractivity contribution in [3.63, 3.8) is 0 Å². The van der Waals surface area contributed by atoms with Crippen LogP contribution in [0.3, 0.4) is 0 Å². The fourth-order valence-corrected chi connectivity index (χ4v) is 21.5. The maximum Gasteiger partial charge on any atom is 0.306 e. The van der Waals surface area contributed by atoms with E-state index >= 15 is 0 Å². The molecule has 86 heavy (non-hydrogen) atoms. The van der Waals surface area contributed by atoms with Gasteiger partial charge in [0.1, 0.15) is 12.2 Å².